The quantitative estimate of drug-likeness (QED) is 0.619. The first kappa shape index (κ1) is 14.7. The van der Waals surface area contributed by atoms with Gasteiger partial charge in [-0.25, -0.2) is 0 Å². The van der Waals surface area contributed by atoms with Gasteiger partial charge < -0.3 is 15.4 Å². The molecule has 1 aliphatic carbocycles. The van der Waals surface area contributed by atoms with Crippen LogP contribution < -0.4 is 15.4 Å². The SMILES string of the molecule is CCCC1CC1NC(=NC)NCc1ccccc1OC. The molecule has 1 aromatic rings. The number of hydrogen-bond donors (Lipinski definition) is 2. The van der Waals surface area contributed by atoms with Crippen molar-refractivity contribution in [1.29, 1.82) is 0 Å². The van der Waals surface area contributed by atoms with Crippen LogP contribution in [0.1, 0.15) is 31.7 Å². The zero-order chi connectivity index (χ0) is 14.4. The van der Waals surface area contributed by atoms with Gasteiger partial charge in [0, 0.05) is 25.2 Å². The number of guanidine groups is 1. The third-order valence-electron chi connectivity index (χ3n) is 3.77. The van der Waals surface area contributed by atoms with E-state index in [1.807, 2.05) is 25.2 Å². The molecule has 110 valence electrons. The molecule has 4 nitrogen and oxygen atoms in total. The molecule has 0 aromatic heterocycles. The van der Waals surface area contributed by atoms with Crippen molar-refractivity contribution in [3.63, 3.8) is 0 Å². The number of hydrogen-bond acceptors (Lipinski definition) is 2. The predicted octanol–water partition coefficient (Wildman–Crippen LogP) is 2.55. The summed E-state index contributed by atoms with van der Waals surface area (Å²) in [5.41, 5.74) is 1.14. The molecule has 0 aliphatic heterocycles. The van der Waals surface area contributed by atoms with Crippen LogP contribution in [0.3, 0.4) is 0 Å². The number of nitrogens with zero attached hydrogens (tertiary/aromatic N) is 1. The molecule has 0 bridgehead atoms. The van der Waals surface area contributed by atoms with Crippen molar-refractivity contribution >= 4 is 5.96 Å². The van der Waals surface area contributed by atoms with Gasteiger partial charge in [0.25, 0.3) is 0 Å². The predicted molar refractivity (Wildman–Crippen MR) is 83.1 cm³/mol. The molecule has 2 rings (SSSR count). The van der Waals surface area contributed by atoms with E-state index in [2.05, 4.69) is 28.6 Å². The fourth-order valence-corrected chi connectivity index (χ4v) is 2.51. The molecule has 1 fully saturated rings. The molecule has 1 aromatic carbocycles. The monoisotopic (exact) mass is 275 g/mol. The third-order valence-corrected chi connectivity index (χ3v) is 3.77. The maximum absolute atomic E-state index is 5.35. The van der Waals surface area contributed by atoms with Crippen molar-refractivity contribution in [2.45, 2.75) is 38.8 Å². The third kappa shape index (κ3) is 3.89. The van der Waals surface area contributed by atoms with E-state index in [0.717, 1.165) is 29.7 Å². The van der Waals surface area contributed by atoms with Gasteiger partial charge in [0.1, 0.15) is 5.75 Å². The highest BCUT2D eigenvalue weighted by Gasteiger charge is 2.36. The molecular formula is C16H25N3O. The van der Waals surface area contributed by atoms with E-state index in [1.54, 1.807) is 7.11 Å². The average Bonchev–Trinajstić information content (AvgIpc) is 3.22. The summed E-state index contributed by atoms with van der Waals surface area (Å²) in [4.78, 5) is 4.29. The van der Waals surface area contributed by atoms with Crippen LogP contribution in [-0.4, -0.2) is 26.2 Å². The minimum Gasteiger partial charge on any atom is -0.496 e. The van der Waals surface area contributed by atoms with Gasteiger partial charge in [-0.3, -0.25) is 4.99 Å². The van der Waals surface area contributed by atoms with Crippen LogP contribution in [0.4, 0.5) is 0 Å². The summed E-state index contributed by atoms with van der Waals surface area (Å²) in [6.45, 7) is 2.96. The number of para-hydroxylation sites is 1. The Morgan fingerprint density at radius 1 is 1.40 bits per heavy atom. The largest absolute Gasteiger partial charge is 0.496 e. The fraction of sp³-hybridized carbons (Fsp3) is 0.562. The first-order valence-electron chi connectivity index (χ1n) is 7.37. The summed E-state index contributed by atoms with van der Waals surface area (Å²) in [6.07, 6.45) is 3.83. The van der Waals surface area contributed by atoms with Crippen molar-refractivity contribution in [2.24, 2.45) is 10.9 Å². The van der Waals surface area contributed by atoms with Crippen molar-refractivity contribution in [3.05, 3.63) is 29.8 Å². The molecule has 4 heteroatoms. The van der Waals surface area contributed by atoms with Crippen LogP contribution >= 0.6 is 0 Å². The van der Waals surface area contributed by atoms with E-state index >= 15 is 0 Å². The van der Waals surface area contributed by atoms with Crippen LogP contribution in [0.15, 0.2) is 29.3 Å². The number of benzene rings is 1. The second-order valence-corrected chi connectivity index (χ2v) is 5.27. The Labute approximate surface area is 121 Å². The molecule has 0 radical (unpaired) electrons. The molecule has 1 saturated carbocycles. The van der Waals surface area contributed by atoms with Gasteiger partial charge in [-0.1, -0.05) is 31.5 Å². The molecule has 2 atom stereocenters. The number of rotatable bonds is 6. The first-order valence-corrected chi connectivity index (χ1v) is 7.37. The summed E-state index contributed by atoms with van der Waals surface area (Å²) in [5.74, 6) is 2.61. The molecule has 1 aliphatic rings. The average molecular weight is 275 g/mol. The van der Waals surface area contributed by atoms with Gasteiger partial charge in [0.15, 0.2) is 5.96 Å². The highest BCUT2D eigenvalue weighted by atomic mass is 16.5. The van der Waals surface area contributed by atoms with E-state index in [9.17, 15) is 0 Å². The molecule has 0 heterocycles. The van der Waals surface area contributed by atoms with E-state index < -0.39 is 0 Å². The van der Waals surface area contributed by atoms with Gasteiger partial charge in [0.2, 0.25) is 0 Å². The molecule has 20 heavy (non-hydrogen) atoms. The maximum Gasteiger partial charge on any atom is 0.191 e. The van der Waals surface area contributed by atoms with Gasteiger partial charge in [-0.2, -0.15) is 0 Å². The van der Waals surface area contributed by atoms with Gasteiger partial charge >= 0.3 is 0 Å². The van der Waals surface area contributed by atoms with E-state index in [4.69, 9.17) is 4.74 Å². The first-order chi connectivity index (χ1) is 9.78. The topological polar surface area (TPSA) is 45.7 Å². The molecule has 2 unspecified atom stereocenters. The van der Waals surface area contributed by atoms with Crippen molar-refractivity contribution in [3.8, 4) is 5.75 Å². The number of methoxy groups -OCH3 is 1. The lowest BCUT2D eigenvalue weighted by atomic mass is 10.2. The summed E-state index contributed by atoms with van der Waals surface area (Å²) >= 11 is 0. The Hall–Kier alpha value is -1.71. The van der Waals surface area contributed by atoms with Crippen LogP contribution in [-0.2, 0) is 6.54 Å². The zero-order valence-electron chi connectivity index (χ0n) is 12.6. The van der Waals surface area contributed by atoms with Crippen molar-refractivity contribution in [2.75, 3.05) is 14.2 Å². The fourth-order valence-electron chi connectivity index (χ4n) is 2.51. The molecule has 2 N–H and O–H groups in total. The Bertz CT molecular complexity index is 459. The Morgan fingerprint density at radius 2 is 2.20 bits per heavy atom. The van der Waals surface area contributed by atoms with Crippen molar-refractivity contribution in [1.82, 2.24) is 10.6 Å². The summed E-state index contributed by atoms with van der Waals surface area (Å²) in [7, 11) is 3.51. The molecule has 0 spiro atoms. The second-order valence-electron chi connectivity index (χ2n) is 5.27. The highest BCUT2D eigenvalue weighted by Crippen LogP contribution is 2.34. The zero-order valence-corrected chi connectivity index (χ0v) is 12.6. The Balaban J connectivity index is 1.82. The van der Waals surface area contributed by atoms with Crippen LogP contribution in [0, 0.1) is 5.92 Å². The second kappa shape index (κ2) is 7.17. The summed E-state index contributed by atoms with van der Waals surface area (Å²) in [6, 6.07) is 8.64. The summed E-state index contributed by atoms with van der Waals surface area (Å²) < 4.78 is 5.35. The number of ether oxygens (including phenoxy) is 1. The molecular weight excluding hydrogens is 250 g/mol. The van der Waals surface area contributed by atoms with E-state index in [-0.39, 0.29) is 0 Å². The minimum absolute atomic E-state index is 0.596. The molecule has 0 saturated heterocycles. The van der Waals surface area contributed by atoms with Crippen molar-refractivity contribution < 1.29 is 4.74 Å². The normalized spacial score (nSPS) is 21.4. The van der Waals surface area contributed by atoms with E-state index in [1.165, 1.54) is 19.3 Å². The minimum atomic E-state index is 0.596. The van der Waals surface area contributed by atoms with Crippen LogP contribution in [0.25, 0.3) is 0 Å². The lowest BCUT2D eigenvalue weighted by Gasteiger charge is -2.13. The number of nitrogens with one attached hydrogen (secondary N) is 2. The smallest absolute Gasteiger partial charge is 0.191 e. The van der Waals surface area contributed by atoms with E-state index in [0.29, 0.717) is 6.04 Å². The standard InChI is InChI=1S/C16H25N3O/c1-4-7-12-10-14(12)19-16(17-2)18-11-13-8-5-6-9-15(13)20-3/h5-6,8-9,12,14H,4,7,10-11H2,1-3H3,(H2,17,18,19). The molecule has 0 amide bonds. The van der Waals surface area contributed by atoms with Crippen LogP contribution in [0.5, 0.6) is 5.75 Å². The lowest BCUT2D eigenvalue weighted by Crippen LogP contribution is -2.38. The maximum atomic E-state index is 5.35. The van der Waals surface area contributed by atoms with Gasteiger partial charge in [0.05, 0.1) is 7.11 Å². The Morgan fingerprint density at radius 3 is 2.90 bits per heavy atom. The van der Waals surface area contributed by atoms with Gasteiger partial charge in [-0.05, 0) is 24.8 Å². The Kier molecular flexibility index (Phi) is 5.27. The van der Waals surface area contributed by atoms with Gasteiger partial charge in [-0.15, -0.1) is 0 Å². The lowest BCUT2D eigenvalue weighted by molar-refractivity contribution is 0.409. The highest BCUT2D eigenvalue weighted by molar-refractivity contribution is 5.80. The summed E-state index contributed by atoms with van der Waals surface area (Å²) in [5, 5.41) is 6.83. The number of aliphatic imine (C=N–C) groups is 1. The van der Waals surface area contributed by atoms with Crippen LogP contribution in [0.2, 0.25) is 0 Å².